The Morgan fingerprint density at radius 3 is 2.52 bits per heavy atom. The number of hydrogen-bond acceptors (Lipinski definition) is 3. The molecule has 1 fully saturated rings. The van der Waals surface area contributed by atoms with Gasteiger partial charge in [-0.1, -0.05) is 11.6 Å². The molecule has 1 saturated heterocycles. The summed E-state index contributed by atoms with van der Waals surface area (Å²) < 4.78 is 1.47. The molecule has 6 nitrogen and oxygen atoms in total. The lowest BCUT2D eigenvalue weighted by molar-refractivity contribution is 0.0724. The van der Waals surface area contributed by atoms with Gasteiger partial charge in [-0.2, -0.15) is 0 Å². The lowest BCUT2D eigenvalue weighted by Crippen LogP contribution is -2.35. The number of likely N-dealkylation sites (tertiary alicyclic amines) is 1. The van der Waals surface area contributed by atoms with Crippen molar-refractivity contribution in [2.45, 2.75) is 19.3 Å². The maximum Gasteiger partial charge on any atom is 0.280 e. The highest BCUT2D eigenvalue weighted by molar-refractivity contribution is 6.30. The molecule has 0 unspecified atom stereocenters. The molecule has 0 aliphatic carbocycles. The van der Waals surface area contributed by atoms with Crippen LogP contribution < -0.4 is 5.56 Å². The van der Waals surface area contributed by atoms with Gasteiger partial charge in [-0.05, 0) is 61.7 Å². The highest BCUT2D eigenvalue weighted by Gasteiger charge is 2.19. The number of piperidine rings is 1. The van der Waals surface area contributed by atoms with Crippen LogP contribution in [0.4, 0.5) is 0 Å². The van der Waals surface area contributed by atoms with Gasteiger partial charge >= 0.3 is 0 Å². The van der Waals surface area contributed by atoms with E-state index in [9.17, 15) is 9.59 Å². The molecule has 5 rings (SSSR count). The van der Waals surface area contributed by atoms with Crippen molar-refractivity contribution >= 4 is 39.3 Å². The minimum absolute atomic E-state index is 0.0306. The van der Waals surface area contributed by atoms with Crippen molar-refractivity contribution < 1.29 is 4.79 Å². The van der Waals surface area contributed by atoms with Crippen molar-refractivity contribution in [3.63, 3.8) is 0 Å². The maximum absolute atomic E-state index is 12.9. The minimum Gasteiger partial charge on any atom is -0.339 e. The van der Waals surface area contributed by atoms with Crippen molar-refractivity contribution in [2.75, 3.05) is 13.1 Å². The highest BCUT2D eigenvalue weighted by atomic mass is 35.5. The van der Waals surface area contributed by atoms with Crippen LogP contribution in [-0.2, 0) is 0 Å². The molecular formula is C22H19ClN4O2. The molecule has 1 aliphatic rings. The summed E-state index contributed by atoms with van der Waals surface area (Å²) in [5, 5.41) is 5.03. The third-order valence-electron chi connectivity index (χ3n) is 5.50. The zero-order valence-corrected chi connectivity index (χ0v) is 16.4. The summed E-state index contributed by atoms with van der Waals surface area (Å²) in [7, 11) is 0. The first-order chi connectivity index (χ1) is 14.1. The first kappa shape index (κ1) is 17.9. The van der Waals surface area contributed by atoms with Gasteiger partial charge in [0.25, 0.3) is 11.5 Å². The van der Waals surface area contributed by atoms with E-state index < -0.39 is 0 Å². The molecule has 0 radical (unpaired) electrons. The van der Waals surface area contributed by atoms with Gasteiger partial charge in [-0.15, -0.1) is 0 Å². The molecule has 7 heteroatoms. The summed E-state index contributed by atoms with van der Waals surface area (Å²) >= 11 is 5.96. The van der Waals surface area contributed by atoms with Crippen LogP contribution in [0.25, 0.3) is 27.5 Å². The van der Waals surface area contributed by atoms with E-state index in [2.05, 4.69) is 10.1 Å². The van der Waals surface area contributed by atoms with E-state index in [-0.39, 0.29) is 11.5 Å². The lowest BCUT2D eigenvalue weighted by atomic mass is 10.1. The molecule has 3 heterocycles. The van der Waals surface area contributed by atoms with E-state index in [0.717, 1.165) is 36.8 Å². The fourth-order valence-corrected chi connectivity index (χ4v) is 4.07. The number of pyridine rings is 1. The van der Waals surface area contributed by atoms with Gasteiger partial charge in [0.15, 0.2) is 0 Å². The van der Waals surface area contributed by atoms with E-state index >= 15 is 0 Å². The predicted octanol–water partition coefficient (Wildman–Crippen LogP) is 4.15. The second kappa shape index (κ2) is 7.04. The fourth-order valence-electron chi connectivity index (χ4n) is 3.94. The Hall–Kier alpha value is -3.12. The third-order valence-corrected chi connectivity index (χ3v) is 5.75. The summed E-state index contributed by atoms with van der Waals surface area (Å²) in [6, 6.07) is 12.5. The Kier molecular flexibility index (Phi) is 4.36. The number of nitrogens with zero attached hydrogens (tertiary/aromatic N) is 3. The van der Waals surface area contributed by atoms with E-state index in [0.29, 0.717) is 27.2 Å². The molecule has 2 aromatic carbocycles. The summed E-state index contributed by atoms with van der Waals surface area (Å²) in [6.07, 6.45) is 4.84. The van der Waals surface area contributed by atoms with Crippen molar-refractivity contribution in [3.05, 3.63) is 69.6 Å². The van der Waals surface area contributed by atoms with Crippen molar-refractivity contribution in [2.24, 2.45) is 0 Å². The van der Waals surface area contributed by atoms with Crippen LogP contribution >= 0.6 is 11.6 Å². The molecule has 0 atom stereocenters. The molecule has 1 amide bonds. The van der Waals surface area contributed by atoms with Crippen molar-refractivity contribution in [1.29, 1.82) is 0 Å². The Labute approximate surface area is 171 Å². The predicted molar refractivity (Wildman–Crippen MR) is 114 cm³/mol. The van der Waals surface area contributed by atoms with E-state index in [4.69, 9.17) is 11.6 Å². The smallest absolute Gasteiger partial charge is 0.280 e. The van der Waals surface area contributed by atoms with Crippen LogP contribution in [0.2, 0.25) is 5.02 Å². The zero-order valence-electron chi connectivity index (χ0n) is 15.7. The third kappa shape index (κ3) is 3.09. The number of nitrogens with one attached hydrogen (secondary N) is 1. The van der Waals surface area contributed by atoms with Gasteiger partial charge in [-0.3, -0.25) is 19.7 Å². The Morgan fingerprint density at radius 1 is 1.00 bits per heavy atom. The fraction of sp³-hybridized carbons (Fsp3) is 0.227. The lowest BCUT2D eigenvalue weighted by Gasteiger charge is -2.26. The average molecular weight is 407 g/mol. The molecule has 1 N–H and O–H groups in total. The van der Waals surface area contributed by atoms with Gasteiger partial charge in [-0.25, -0.2) is 4.68 Å². The molecule has 29 heavy (non-hydrogen) atoms. The Morgan fingerprint density at radius 2 is 1.76 bits per heavy atom. The summed E-state index contributed by atoms with van der Waals surface area (Å²) in [5.41, 5.74) is 2.52. The van der Waals surface area contributed by atoms with E-state index in [1.54, 1.807) is 30.5 Å². The van der Waals surface area contributed by atoms with Crippen LogP contribution in [0.3, 0.4) is 0 Å². The molecule has 4 aromatic rings. The number of carbonyl (C=O) groups is 1. The second-order valence-electron chi connectivity index (χ2n) is 7.36. The van der Waals surface area contributed by atoms with E-state index in [1.165, 1.54) is 11.1 Å². The minimum atomic E-state index is -0.190. The molecule has 0 bridgehead atoms. The highest BCUT2D eigenvalue weighted by Crippen LogP contribution is 2.24. The molecule has 0 saturated carbocycles. The topological polar surface area (TPSA) is 71.0 Å². The monoisotopic (exact) mass is 406 g/mol. The van der Waals surface area contributed by atoms with Gasteiger partial charge in [0.05, 0.1) is 22.1 Å². The van der Waals surface area contributed by atoms with Crippen LogP contribution in [0, 0.1) is 0 Å². The van der Waals surface area contributed by atoms with Crippen LogP contribution in [0.15, 0.2) is 53.5 Å². The van der Waals surface area contributed by atoms with Crippen LogP contribution in [0.1, 0.15) is 29.6 Å². The average Bonchev–Trinajstić information content (AvgIpc) is 3.11. The van der Waals surface area contributed by atoms with Crippen molar-refractivity contribution in [1.82, 2.24) is 19.7 Å². The summed E-state index contributed by atoms with van der Waals surface area (Å²) in [6.45, 7) is 1.59. The first-order valence-electron chi connectivity index (χ1n) is 9.70. The Balaban J connectivity index is 1.65. The summed E-state index contributed by atoms with van der Waals surface area (Å²) in [5.74, 6) is 0.0306. The molecular weight excluding hydrogens is 388 g/mol. The number of aromatic amines is 1. The van der Waals surface area contributed by atoms with Crippen molar-refractivity contribution in [3.8, 4) is 5.69 Å². The SMILES string of the molecule is O=C(c1ccc2ncc3c(=O)n(-c4ccc(Cl)cc4)[nH]c3c2c1)N1CCCCC1. The van der Waals surface area contributed by atoms with Gasteiger partial charge < -0.3 is 4.90 Å². The number of H-pyrrole nitrogens is 1. The normalized spacial score (nSPS) is 14.6. The quantitative estimate of drug-likeness (QED) is 0.543. The largest absolute Gasteiger partial charge is 0.339 e. The van der Waals surface area contributed by atoms with Gasteiger partial charge in [0, 0.05) is 35.3 Å². The Bertz CT molecular complexity index is 1280. The first-order valence-corrected chi connectivity index (χ1v) is 10.1. The number of fused-ring (bicyclic) bond motifs is 3. The number of rotatable bonds is 2. The second-order valence-corrected chi connectivity index (χ2v) is 7.80. The van der Waals surface area contributed by atoms with Gasteiger partial charge in [0.2, 0.25) is 0 Å². The number of benzene rings is 2. The molecule has 146 valence electrons. The number of carbonyl (C=O) groups excluding carboxylic acids is 1. The number of aromatic nitrogens is 3. The standard InChI is InChI=1S/C22H19ClN4O2/c23-15-5-7-16(8-6-15)27-22(29)18-13-24-19-9-4-14(12-17(19)20(18)25-27)21(28)26-10-2-1-3-11-26/h4-9,12-13,25H,1-3,10-11H2. The van der Waals surface area contributed by atoms with Gasteiger partial charge in [0.1, 0.15) is 0 Å². The zero-order chi connectivity index (χ0) is 20.0. The number of halogens is 1. The number of amides is 1. The molecule has 2 aromatic heterocycles. The molecule has 0 spiro atoms. The maximum atomic E-state index is 12.9. The van der Waals surface area contributed by atoms with E-state index in [1.807, 2.05) is 23.1 Å². The van der Waals surface area contributed by atoms with Crippen LogP contribution in [-0.4, -0.2) is 38.7 Å². The number of hydrogen-bond donors (Lipinski definition) is 1. The van der Waals surface area contributed by atoms with Crippen LogP contribution in [0.5, 0.6) is 0 Å². The molecule has 1 aliphatic heterocycles. The summed E-state index contributed by atoms with van der Waals surface area (Å²) in [4.78, 5) is 32.2.